The summed E-state index contributed by atoms with van der Waals surface area (Å²) in [6.45, 7) is 3.72. The lowest BCUT2D eigenvalue weighted by Gasteiger charge is -2.13. The number of thiophene rings is 1. The minimum Gasteiger partial charge on any atom is -0.391 e. The lowest BCUT2D eigenvalue weighted by Crippen LogP contribution is -2.22. The van der Waals surface area contributed by atoms with E-state index in [1.165, 1.54) is 5.56 Å². The summed E-state index contributed by atoms with van der Waals surface area (Å²) < 4.78 is 0. The van der Waals surface area contributed by atoms with Crippen LogP contribution in [0.25, 0.3) is 0 Å². The van der Waals surface area contributed by atoms with Gasteiger partial charge in [-0.1, -0.05) is 0 Å². The Morgan fingerprint density at radius 1 is 1.64 bits per heavy atom. The van der Waals surface area contributed by atoms with Gasteiger partial charge in [0.05, 0.1) is 12.1 Å². The molecule has 0 aliphatic rings. The first-order valence-electron chi connectivity index (χ1n) is 3.60. The smallest absolute Gasteiger partial charge is 0.0712 e. The number of hydrogen-bond acceptors (Lipinski definition) is 3. The van der Waals surface area contributed by atoms with Crippen molar-refractivity contribution in [2.75, 3.05) is 0 Å². The van der Waals surface area contributed by atoms with E-state index < -0.39 is 6.10 Å². The quantitative estimate of drug-likeness (QED) is 0.707. The molecular weight excluding hydrogens is 158 g/mol. The van der Waals surface area contributed by atoms with Crippen molar-refractivity contribution in [3.63, 3.8) is 0 Å². The highest BCUT2D eigenvalue weighted by Gasteiger charge is 2.14. The van der Waals surface area contributed by atoms with Crippen molar-refractivity contribution in [2.45, 2.75) is 26.0 Å². The van der Waals surface area contributed by atoms with Crippen molar-refractivity contribution in [1.29, 1.82) is 0 Å². The molecule has 2 nitrogen and oxygen atoms in total. The fourth-order valence-corrected chi connectivity index (χ4v) is 1.97. The molecule has 62 valence electrons. The largest absolute Gasteiger partial charge is 0.391 e. The summed E-state index contributed by atoms with van der Waals surface area (Å²) >= 11 is 1.60. The second kappa shape index (κ2) is 3.34. The third-order valence-corrected chi connectivity index (χ3v) is 2.84. The van der Waals surface area contributed by atoms with Gasteiger partial charge in [0.25, 0.3) is 0 Å². The maximum absolute atomic E-state index is 9.20. The van der Waals surface area contributed by atoms with Crippen LogP contribution in [0.1, 0.15) is 23.4 Å². The van der Waals surface area contributed by atoms with Gasteiger partial charge in [0.1, 0.15) is 0 Å². The Bertz CT molecular complexity index is 232. The minimum atomic E-state index is -0.465. The maximum Gasteiger partial charge on any atom is 0.0712 e. The summed E-state index contributed by atoms with van der Waals surface area (Å²) in [6, 6.07) is 1.79. The molecular formula is C8H13NOS. The SMILES string of the molecule is Cc1ccsc1[C@H](N)[C@H](C)O. The molecule has 0 amide bonds. The van der Waals surface area contributed by atoms with Crippen LogP contribution in [0, 0.1) is 6.92 Å². The van der Waals surface area contributed by atoms with Gasteiger partial charge in [0.15, 0.2) is 0 Å². The summed E-state index contributed by atoms with van der Waals surface area (Å²) in [5, 5.41) is 11.2. The number of aryl methyl sites for hydroxylation is 1. The van der Waals surface area contributed by atoms with E-state index in [9.17, 15) is 5.11 Å². The average molecular weight is 171 g/mol. The highest BCUT2D eigenvalue weighted by molar-refractivity contribution is 7.10. The van der Waals surface area contributed by atoms with E-state index in [2.05, 4.69) is 0 Å². The minimum absolute atomic E-state index is 0.227. The van der Waals surface area contributed by atoms with Crippen LogP contribution >= 0.6 is 11.3 Å². The molecule has 0 radical (unpaired) electrons. The van der Waals surface area contributed by atoms with E-state index >= 15 is 0 Å². The third kappa shape index (κ3) is 1.80. The van der Waals surface area contributed by atoms with Crippen LogP contribution < -0.4 is 5.73 Å². The highest BCUT2D eigenvalue weighted by Crippen LogP contribution is 2.23. The molecule has 0 saturated carbocycles. The fraction of sp³-hybridized carbons (Fsp3) is 0.500. The van der Waals surface area contributed by atoms with Crippen LogP contribution in [-0.4, -0.2) is 11.2 Å². The normalized spacial score (nSPS) is 16.4. The van der Waals surface area contributed by atoms with Gasteiger partial charge in [0.2, 0.25) is 0 Å². The molecule has 3 N–H and O–H groups in total. The van der Waals surface area contributed by atoms with Crippen LogP contribution in [0.2, 0.25) is 0 Å². The van der Waals surface area contributed by atoms with Crippen LogP contribution in [0.3, 0.4) is 0 Å². The summed E-state index contributed by atoms with van der Waals surface area (Å²) in [7, 11) is 0. The first kappa shape index (κ1) is 8.71. The molecule has 0 saturated heterocycles. The molecule has 2 atom stereocenters. The van der Waals surface area contributed by atoms with Crippen molar-refractivity contribution in [2.24, 2.45) is 5.73 Å². The van der Waals surface area contributed by atoms with Crippen molar-refractivity contribution in [1.82, 2.24) is 0 Å². The first-order valence-corrected chi connectivity index (χ1v) is 4.48. The van der Waals surface area contributed by atoms with Gasteiger partial charge in [-0.3, -0.25) is 0 Å². The molecule has 1 aromatic rings. The molecule has 11 heavy (non-hydrogen) atoms. The van der Waals surface area contributed by atoms with E-state index in [0.717, 1.165) is 4.88 Å². The number of aliphatic hydroxyl groups excluding tert-OH is 1. The summed E-state index contributed by atoms with van der Waals surface area (Å²) in [5.41, 5.74) is 6.91. The molecule has 0 aliphatic heterocycles. The van der Waals surface area contributed by atoms with Crippen LogP contribution in [0.15, 0.2) is 11.4 Å². The molecule has 0 spiro atoms. The lowest BCUT2D eigenvalue weighted by atomic mass is 10.1. The first-order chi connectivity index (χ1) is 5.13. The lowest BCUT2D eigenvalue weighted by molar-refractivity contribution is 0.165. The third-order valence-electron chi connectivity index (χ3n) is 1.72. The zero-order chi connectivity index (χ0) is 8.43. The van der Waals surface area contributed by atoms with Gasteiger partial charge in [-0.25, -0.2) is 0 Å². The molecule has 1 aromatic heterocycles. The average Bonchev–Trinajstić information content (AvgIpc) is 2.33. The second-order valence-electron chi connectivity index (χ2n) is 2.73. The standard InChI is InChI=1S/C8H13NOS/c1-5-3-4-11-8(5)7(9)6(2)10/h3-4,6-7,10H,9H2,1-2H3/t6-,7+/m0/s1. The van der Waals surface area contributed by atoms with Crippen molar-refractivity contribution >= 4 is 11.3 Å². The van der Waals surface area contributed by atoms with Crippen LogP contribution in [0.5, 0.6) is 0 Å². The van der Waals surface area contributed by atoms with Gasteiger partial charge in [-0.05, 0) is 30.9 Å². The maximum atomic E-state index is 9.20. The van der Waals surface area contributed by atoms with E-state index in [1.54, 1.807) is 18.3 Å². The molecule has 1 rings (SSSR count). The molecule has 1 heterocycles. The molecule has 0 aromatic carbocycles. The summed E-state index contributed by atoms with van der Waals surface area (Å²) in [5.74, 6) is 0. The molecule has 3 heteroatoms. The predicted molar refractivity (Wildman–Crippen MR) is 47.7 cm³/mol. The van der Waals surface area contributed by atoms with E-state index in [0.29, 0.717) is 0 Å². The summed E-state index contributed by atoms with van der Waals surface area (Å²) in [6.07, 6.45) is -0.465. The van der Waals surface area contributed by atoms with Crippen LogP contribution in [0.4, 0.5) is 0 Å². The fourth-order valence-electron chi connectivity index (χ4n) is 0.945. The van der Waals surface area contributed by atoms with E-state index in [4.69, 9.17) is 5.73 Å². The van der Waals surface area contributed by atoms with Crippen molar-refractivity contribution < 1.29 is 5.11 Å². The Kier molecular flexibility index (Phi) is 2.65. The monoisotopic (exact) mass is 171 g/mol. The summed E-state index contributed by atoms with van der Waals surface area (Å²) in [4.78, 5) is 1.08. The van der Waals surface area contributed by atoms with Crippen molar-refractivity contribution in [3.05, 3.63) is 21.9 Å². The van der Waals surface area contributed by atoms with Gasteiger partial charge < -0.3 is 10.8 Å². The molecule has 0 unspecified atom stereocenters. The topological polar surface area (TPSA) is 46.2 Å². The number of rotatable bonds is 2. The molecule has 0 aliphatic carbocycles. The zero-order valence-corrected chi connectivity index (χ0v) is 7.56. The van der Waals surface area contributed by atoms with Gasteiger partial charge in [-0.2, -0.15) is 0 Å². The van der Waals surface area contributed by atoms with E-state index in [1.807, 2.05) is 18.4 Å². The highest BCUT2D eigenvalue weighted by atomic mass is 32.1. The van der Waals surface area contributed by atoms with Gasteiger partial charge >= 0.3 is 0 Å². The van der Waals surface area contributed by atoms with Crippen molar-refractivity contribution in [3.8, 4) is 0 Å². The van der Waals surface area contributed by atoms with Crippen LogP contribution in [-0.2, 0) is 0 Å². The number of aliphatic hydroxyl groups is 1. The molecule has 0 fully saturated rings. The predicted octanol–water partition coefficient (Wildman–Crippen LogP) is 1.44. The Balaban J connectivity index is 2.84. The number of hydrogen-bond donors (Lipinski definition) is 2. The Hall–Kier alpha value is -0.380. The molecule has 0 bridgehead atoms. The Morgan fingerprint density at radius 3 is 2.64 bits per heavy atom. The Morgan fingerprint density at radius 2 is 2.27 bits per heavy atom. The van der Waals surface area contributed by atoms with E-state index in [-0.39, 0.29) is 6.04 Å². The number of nitrogens with two attached hydrogens (primary N) is 1. The zero-order valence-electron chi connectivity index (χ0n) is 6.74. The van der Waals surface area contributed by atoms with Gasteiger partial charge in [0, 0.05) is 4.88 Å². The Labute approximate surface area is 70.7 Å². The second-order valence-corrected chi connectivity index (χ2v) is 3.68. The van der Waals surface area contributed by atoms with Gasteiger partial charge in [-0.15, -0.1) is 11.3 Å².